The lowest BCUT2D eigenvalue weighted by Gasteiger charge is -2.35. The Morgan fingerprint density at radius 2 is 1.76 bits per heavy atom. The first-order valence-electron chi connectivity index (χ1n) is 7.06. The Labute approximate surface area is 125 Å². The van der Waals surface area contributed by atoms with E-state index in [0.717, 1.165) is 0 Å². The summed E-state index contributed by atoms with van der Waals surface area (Å²) in [5.74, 6) is -0.103. The molecule has 1 aliphatic heterocycles. The van der Waals surface area contributed by atoms with Crippen molar-refractivity contribution >= 4 is 15.9 Å². The van der Waals surface area contributed by atoms with Crippen molar-refractivity contribution in [2.75, 3.05) is 26.2 Å². The zero-order valence-electron chi connectivity index (χ0n) is 12.1. The molecule has 1 atom stereocenters. The van der Waals surface area contributed by atoms with E-state index in [-0.39, 0.29) is 10.8 Å². The Kier molecular flexibility index (Phi) is 4.97. The van der Waals surface area contributed by atoms with Crippen LogP contribution < -0.4 is 5.73 Å². The maximum atomic E-state index is 12.5. The summed E-state index contributed by atoms with van der Waals surface area (Å²) in [6.45, 7) is 3.24. The Balaban J connectivity index is 2.03. The van der Waals surface area contributed by atoms with E-state index in [4.69, 9.17) is 5.73 Å². The molecule has 0 radical (unpaired) electrons. The van der Waals surface area contributed by atoms with Gasteiger partial charge in [-0.3, -0.25) is 4.79 Å². The third-order valence-corrected chi connectivity index (χ3v) is 5.60. The average Bonchev–Trinajstić information content (AvgIpc) is 2.54. The molecule has 1 amide bonds. The minimum atomic E-state index is -3.47. The molecular formula is C14H21N3O3S. The highest BCUT2D eigenvalue weighted by atomic mass is 32.2. The fraction of sp³-hybridized carbons (Fsp3) is 0.500. The molecule has 0 aliphatic carbocycles. The van der Waals surface area contributed by atoms with E-state index in [9.17, 15) is 13.2 Å². The molecule has 0 spiro atoms. The van der Waals surface area contributed by atoms with Gasteiger partial charge in [-0.15, -0.1) is 0 Å². The number of carbonyl (C=O) groups is 1. The van der Waals surface area contributed by atoms with Crippen LogP contribution >= 0.6 is 0 Å². The molecule has 1 aromatic rings. The van der Waals surface area contributed by atoms with E-state index in [2.05, 4.69) is 0 Å². The van der Waals surface area contributed by atoms with Gasteiger partial charge in [0, 0.05) is 26.2 Å². The van der Waals surface area contributed by atoms with Gasteiger partial charge in [-0.05, 0) is 18.6 Å². The summed E-state index contributed by atoms with van der Waals surface area (Å²) in [6, 6.07) is 7.85. The summed E-state index contributed by atoms with van der Waals surface area (Å²) < 4.78 is 26.3. The Hall–Kier alpha value is -1.44. The number of carbonyl (C=O) groups excluding carboxylic acids is 1. The second-order valence-corrected chi connectivity index (χ2v) is 7.00. The van der Waals surface area contributed by atoms with Crippen molar-refractivity contribution in [1.29, 1.82) is 0 Å². The van der Waals surface area contributed by atoms with E-state index in [1.165, 1.54) is 4.31 Å². The van der Waals surface area contributed by atoms with Crippen molar-refractivity contribution in [3.63, 3.8) is 0 Å². The van der Waals surface area contributed by atoms with Crippen LogP contribution in [0.2, 0.25) is 0 Å². The van der Waals surface area contributed by atoms with Gasteiger partial charge in [-0.1, -0.05) is 25.1 Å². The van der Waals surface area contributed by atoms with Crippen molar-refractivity contribution in [2.45, 2.75) is 24.3 Å². The third-order valence-electron chi connectivity index (χ3n) is 3.69. The van der Waals surface area contributed by atoms with Crippen LogP contribution in [-0.4, -0.2) is 55.8 Å². The number of amides is 1. The second-order valence-electron chi connectivity index (χ2n) is 5.06. The first-order chi connectivity index (χ1) is 9.96. The number of hydrogen-bond acceptors (Lipinski definition) is 4. The molecule has 116 valence electrons. The van der Waals surface area contributed by atoms with Crippen molar-refractivity contribution in [2.24, 2.45) is 5.73 Å². The summed E-state index contributed by atoms with van der Waals surface area (Å²) in [7, 11) is -3.47. The molecule has 0 saturated carbocycles. The minimum absolute atomic E-state index is 0.103. The summed E-state index contributed by atoms with van der Waals surface area (Å²) in [5, 5.41) is 0. The summed E-state index contributed by atoms with van der Waals surface area (Å²) in [6.07, 6.45) is 0.585. The summed E-state index contributed by atoms with van der Waals surface area (Å²) in [4.78, 5) is 13.9. The quantitative estimate of drug-likeness (QED) is 0.864. The molecule has 1 heterocycles. The van der Waals surface area contributed by atoms with Gasteiger partial charge in [0.25, 0.3) is 0 Å². The van der Waals surface area contributed by atoms with E-state index >= 15 is 0 Å². The Morgan fingerprint density at radius 3 is 2.29 bits per heavy atom. The largest absolute Gasteiger partial charge is 0.339 e. The molecule has 1 aromatic carbocycles. The highest BCUT2D eigenvalue weighted by Crippen LogP contribution is 2.17. The number of nitrogens with zero attached hydrogens (tertiary/aromatic N) is 2. The summed E-state index contributed by atoms with van der Waals surface area (Å²) in [5.41, 5.74) is 5.74. The van der Waals surface area contributed by atoms with Crippen molar-refractivity contribution in [3.8, 4) is 0 Å². The van der Waals surface area contributed by atoms with E-state index in [1.54, 1.807) is 35.2 Å². The van der Waals surface area contributed by atoms with Gasteiger partial charge in [0.05, 0.1) is 10.9 Å². The van der Waals surface area contributed by atoms with Crippen molar-refractivity contribution < 1.29 is 13.2 Å². The molecule has 1 unspecified atom stereocenters. The van der Waals surface area contributed by atoms with Crippen LogP contribution in [0.3, 0.4) is 0 Å². The van der Waals surface area contributed by atoms with Crippen molar-refractivity contribution in [3.05, 3.63) is 30.3 Å². The van der Waals surface area contributed by atoms with Crippen LogP contribution in [0.5, 0.6) is 0 Å². The fourth-order valence-corrected chi connectivity index (χ4v) is 3.74. The maximum Gasteiger partial charge on any atom is 0.243 e. The Bertz CT molecular complexity index is 581. The third kappa shape index (κ3) is 3.42. The highest BCUT2D eigenvalue weighted by molar-refractivity contribution is 7.89. The van der Waals surface area contributed by atoms with Gasteiger partial charge in [-0.2, -0.15) is 4.31 Å². The first kappa shape index (κ1) is 15.9. The maximum absolute atomic E-state index is 12.5. The van der Waals surface area contributed by atoms with E-state index < -0.39 is 16.1 Å². The number of piperazine rings is 1. The molecule has 2 N–H and O–H groups in total. The van der Waals surface area contributed by atoms with Crippen molar-refractivity contribution in [1.82, 2.24) is 9.21 Å². The molecule has 0 bridgehead atoms. The normalized spacial score (nSPS) is 18.5. The highest BCUT2D eigenvalue weighted by Gasteiger charge is 2.31. The SMILES string of the molecule is CCC(N)C(=O)N1CCN(S(=O)(=O)c2ccccc2)CC1. The molecule has 7 heteroatoms. The first-order valence-corrected chi connectivity index (χ1v) is 8.50. The van der Waals surface area contributed by atoms with E-state index in [0.29, 0.717) is 32.6 Å². The van der Waals surface area contributed by atoms with Crippen LogP contribution in [0.1, 0.15) is 13.3 Å². The summed E-state index contributed by atoms with van der Waals surface area (Å²) >= 11 is 0. The molecule has 6 nitrogen and oxygen atoms in total. The molecule has 1 fully saturated rings. The van der Waals surface area contributed by atoms with Gasteiger partial charge >= 0.3 is 0 Å². The lowest BCUT2D eigenvalue weighted by atomic mass is 10.2. The van der Waals surface area contributed by atoms with Crippen LogP contribution in [0.4, 0.5) is 0 Å². The van der Waals surface area contributed by atoms with Gasteiger partial charge in [-0.25, -0.2) is 8.42 Å². The van der Waals surface area contributed by atoms with Gasteiger partial charge in [0.15, 0.2) is 0 Å². The van der Waals surface area contributed by atoms with Crippen LogP contribution in [0, 0.1) is 0 Å². The average molecular weight is 311 g/mol. The van der Waals surface area contributed by atoms with Gasteiger partial charge < -0.3 is 10.6 Å². The van der Waals surface area contributed by atoms with Crippen LogP contribution in [0.25, 0.3) is 0 Å². The molecule has 0 aromatic heterocycles. The van der Waals surface area contributed by atoms with Crippen LogP contribution in [-0.2, 0) is 14.8 Å². The molecule has 1 saturated heterocycles. The lowest BCUT2D eigenvalue weighted by Crippen LogP contribution is -2.54. The molecule has 21 heavy (non-hydrogen) atoms. The van der Waals surface area contributed by atoms with Crippen LogP contribution in [0.15, 0.2) is 35.2 Å². The predicted octanol–water partition coefficient (Wildman–Crippen LogP) is 0.257. The number of rotatable bonds is 4. The van der Waals surface area contributed by atoms with Gasteiger partial charge in [0.1, 0.15) is 0 Å². The standard InChI is InChI=1S/C14H21N3O3S/c1-2-13(15)14(18)16-8-10-17(11-9-16)21(19,20)12-6-4-3-5-7-12/h3-7,13H,2,8-11,15H2,1H3. The van der Waals surface area contributed by atoms with E-state index in [1.807, 2.05) is 6.92 Å². The molecular weight excluding hydrogens is 290 g/mol. The minimum Gasteiger partial charge on any atom is -0.339 e. The molecule has 2 rings (SSSR count). The smallest absolute Gasteiger partial charge is 0.243 e. The zero-order chi connectivity index (χ0) is 15.5. The fourth-order valence-electron chi connectivity index (χ4n) is 2.30. The molecule has 1 aliphatic rings. The number of hydrogen-bond donors (Lipinski definition) is 1. The number of nitrogens with two attached hydrogens (primary N) is 1. The van der Waals surface area contributed by atoms with Gasteiger partial charge in [0.2, 0.25) is 15.9 Å². The lowest BCUT2D eigenvalue weighted by molar-refractivity contribution is -0.133. The predicted molar refractivity (Wildman–Crippen MR) is 80.0 cm³/mol. The Morgan fingerprint density at radius 1 is 1.19 bits per heavy atom. The number of benzene rings is 1. The second kappa shape index (κ2) is 6.55. The topological polar surface area (TPSA) is 83.7 Å². The monoisotopic (exact) mass is 311 g/mol. The number of sulfonamides is 1. The zero-order valence-corrected chi connectivity index (χ0v) is 12.9.